The van der Waals surface area contributed by atoms with E-state index in [1.165, 1.54) is 16.2 Å². The lowest BCUT2D eigenvalue weighted by atomic mass is 10.2. The zero-order valence-corrected chi connectivity index (χ0v) is 12.6. The van der Waals surface area contributed by atoms with Gasteiger partial charge in [-0.1, -0.05) is 0 Å². The molecule has 18 heavy (non-hydrogen) atoms. The van der Waals surface area contributed by atoms with Gasteiger partial charge in [0, 0.05) is 13.6 Å². The molecule has 0 fully saturated rings. The number of nitrogens with two attached hydrogens (primary N) is 1. The average Bonchev–Trinajstić information content (AvgIpc) is 2.73. The number of carbonyl (C=O) groups is 2. The molecule has 1 amide bonds. The summed E-state index contributed by atoms with van der Waals surface area (Å²) < 4.78 is 5.71. The molecule has 0 saturated heterocycles. The van der Waals surface area contributed by atoms with Crippen LogP contribution in [0.5, 0.6) is 0 Å². The van der Waals surface area contributed by atoms with Gasteiger partial charge in [-0.15, -0.1) is 11.3 Å². The monoisotopic (exact) mass is 334 g/mol. The first kappa shape index (κ1) is 15.1. The minimum Gasteiger partial charge on any atom is -0.464 e. The lowest BCUT2D eigenvalue weighted by molar-refractivity contribution is -0.150. The Hall–Kier alpha value is -0.920. The highest BCUT2D eigenvalue weighted by Gasteiger charge is 2.26. The predicted octanol–water partition coefficient (Wildman–Crippen LogP) is 1.36. The molecule has 1 atom stereocenters. The molecule has 100 valence electrons. The van der Waals surface area contributed by atoms with Crippen LogP contribution in [0.15, 0.2) is 15.2 Å². The lowest BCUT2D eigenvalue weighted by Gasteiger charge is -2.19. The topological polar surface area (TPSA) is 72.6 Å². The van der Waals surface area contributed by atoms with Crippen molar-refractivity contribution in [1.82, 2.24) is 4.90 Å². The van der Waals surface area contributed by atoms with Crippen LogP contribution in [0.3, 0.4) is 0 Å². The second-order valence-corrected chi connectivity index (χ2v) is 5.97. The Labute approximate surface area is 118 Å². The van der Waals surface area contributed by atoms with Gasteiger partial charge >= 0.3 is 5.97 Å². The fourth-order valence-corrected chi connectivity index (χ4v) is 2.55. The van der Waals surface area contributed by atoms with Crippen LogP contribution in [-0.4, -0.2) is 36.5 Å². The number of ether oxygens (including phenoxy) is 1. The van der Waals surface area contributed by atoms with E-state index >= 15 is 0 Å². The standard InChI is InChI=1S/C11H15BrN2O3S/c1-3-17-11(16)9(13)10(15)14(2)5-7-4-8(12)18-6-7/h4,6,9H,3,5,13H2,1-2H3. The summed E-state index contributed by atoms with van der Waals surface area (Å²) in [5.74, 6) is -1.14. The molecule has 0 spiro atoms. The van der Waals surface area contributed by atoms with Gasteiger partial charge in [0.05, 0.1) is 10.4 Å². The van der Waals surface area contributed by atoms with E-state index < -0.39 is 17.9 Å². The molecule has 0 radical (unpaired) electrons. The highest BCUT2D eigenvalue weighted by Crippen LogP contribution is 2.21. The highest BCUT2D eigenvalue weighted by molar-refractivity contribution is 9.11. The number of esters is 1. The number of thiophene rings is 1. The fourth-order valence-electron chi connectivity index (χ4n) is 1.35. The molecule has 1 aromatic rings. The molecule has 0 bridgehead atoms. The summed E-state index contributed by atoms with van der Waals surface area (Å²) >= 11 is 4.88. The van der Waals surface area contributed by atoms with E-state index in [4.69, 9.17) is 10.5 Å². The molecule has 1 aromatic heterocycles. The van der Waals surface area contributed by atoms with E-state index in [9.17, 15) is 9.59 Å². The molecule has 5 nitrogen and oxygen atoms in total. The van der Waals surface area contributed by atoms with Crippen LogP contribution in [0.25, 0.3) is 0 Å². The van der Waals surface area contributed by atoms with Crippen molar-refractivity contribution in [3.8, 4) is 0 Å². The minimum atomic E-state index is -1.25. The quantitative estimate of drug-likeness (QED) is 0.651. The van der Waals surface area contributed by atoms with Crippen LogP contribution in [0.2, 0.25) is 0 Å². The van der Waals surface area contributed by atoms with Crippen molar-refractivity contribution < 1.29 is 14.3 Å². The first-order valence-electron chi connectivity index (χ1n) is 5.35. The maximum Gasteiger partial charge on any atom is 0.332 e. The third-order valence-corrected chi connectivity index (χ3v) is 3.78. The summed E-state index contributed by atoms with van der Waals surface area (Å²) in [6.07, 6.45) is 0. The Balaban J connectivity index is 2.58. The maximum absolute atomic E-state index is 11.9. The molecular formula is C11H15BrN2O3S. The van der Waals surface area contributed by atoms with Gasteiger partial charge in [-0.2, -0.15) is 0 Å². The van der Waals surface area contributed by atoms with Gasteiger partial charge in [0.15, 0.2) is 6.04 Å². The summed E-state index contributed by atoms with van der Waals surface area (Å²) in [5, 5.41) is 1.93. The van der Waals surface area contributed by atoms with E-state index in [1.807, 2.05) is 11.4 Å². The molecule has 1 heterocycles. The van der Waals surface area contributed by atoms with E-state index in [0.717, 1.165) is 9.35 Å². The van der Waals surface area contributed by atoms with Crippen molar-refractivity contribution >= 4 is 39.1 Å². The van der Waals surface area contributed by atoms with E-state index in [2.05, 4.69) is 15.9 Å². The molecule has 0 aromatic carbocycles. The van der Waals surface area contributed by atoms with E-state index in [1.54, 1.807) is 14.0 Å². The molecule has 0 saturated carbocycles. The molecule has 0 aliphatic rings. The molecular weight excluding hydrogens is 320 g/mol. The molecule has 1 unspecified atom stereocenters. The molecule has 7 heteroatoms. The first-order valence-corrected chi connectivity index (χ1v) is 7.03. The number of nitrogens with zero attached hydrogens (tertiary/aromatic N) is 1. The summed E-state index contributed by atoms with van der Waals surface area (Å²) in [6.45, 7) is 2.29. The number of rotatable bonds is 5. The zero-order valence-electron chi connectivity index (χ0n) is 10.2. The Bertz CT molecular complexity index is 436. The summed E-state index contributed by atoms with van der Waals surface area (Å²) in [6, 6.07) is 0.668. The second-order valence-electron chi connectivity index (χ2n) is 3.68. The van der Waals surface area contributed by atoms with Crippen LogP contribution in [0.4, 0.5) is 0 Å². The van der Waals surface area contributed by atoms with Gasteiger partial charge in [-0.25, -0.2) is 4.79 Å². The van der Waals surface area contributed by atoms with Crippen LogP contribution in [0.1, 0.15) is 12.5 Å². The van der Waals surface area contributed by atoms with Crippen LogP contribution < -0.4 is 5.73 Å². The van der Waals surface area contributed by atoms with Gasteiger partial charge in [-0.3, -0.25) is 4.79 Å². The molecule has 0 aliphatic carbocycles. The number of hydrogen-bond acceptors (Lipinski definition) is 5. The normalized spacial score (nSPS) is 12.0. The molecule has 2 N–H and O–H groups in total. The first-order chi connectivity index (χ1) is 8.45. The predicted molar refractivity (Wildman–Crippen MR) is 73.1 cm³/mol. The minimum absolute atomic E-state index is 0.209. The van der Waals surface area contributed by atoms with Crippen molar-refractivity contribution in [1.29, 1.82) is 0 Å². The third-order valence-electron chi connectivity index (χ3n) is 2.22. The van der Waals surface area contributed by atoms with Crippen molar-refractivity contribution in [2.75, 3.05) is 13.7 Å². The lowest BCUT2D eigenvalue weighted by Crippen LogP contribution is -2.47. The van der Waals surface area contributed by atoms with Crippen molar-refractivity contribution in [2.24, 2.45) is 5.73 Å². The van der Waals surface area contributed by atoms with Crippen LogP contribution >= 0.6 is 27.3 Å². The third kappa shape index (κ3) is 4.08. The van der Waals surface area contributed by atoms with E-state index in [-0.39, 0.29) is 6.61 Å². The number of amides is 1. The average molecular weight is 335 g/mol. The van der Waals surface area contributed by atoms with Crippen LogP contribution in [0, 0.1) is 0 Å². The van der Waals surface area contributed by atoms with E-state index in [0.29, 0.717) is 6.54 Å². The van der Waals surface area contributed by atoms with Crippen molar-refractivity contribution in [3.63, 3.8) is 0 Å². The zero-order chi connectivity index (χ0) is 13.7. The molecule has 0 aliphatic heterocycles. The highest BCUT2D eigenvalue weighted by atomic mass is 79.9. The number of halogens is 1. The molecule has 1 rings (SSSR count). The van der Waals surface area contributed by atoms with Gasteiger partial charge in [-0.05, 0) is 39.9 Å². The second kappa shape index (κ2) is 6.86. The SMILES string of the molecule is CCOC(=O)C(N)C(=O)N(C)Cc1csc(Br)c1. The largest absolute Gasteiger partial charge is 0.464 e. The van der Waals surface area contributed by atoms with Gasteiger partial charge in [0.1, 0.15) is 0 Å². The Morgan fingerprint density at radius 1 is 1.61 bits per heavy atom. The van der Waals surface area contributed by atoms with Gasteiger partial charge in [0.2, 0.25) is 0 Å². The van der Waals surface area contributed by atoms with Gasteiger partial charge < -0.3 is 15.4 Å². The smallest absolute Gasteiger partial charge is 0.332 e. The number of likely N-dealkylation sites (N-methyl/N-ethyl adjacent to an activating group) is 1. The fraction of sp³-hybridized carbons (Fsp3) is 0.455. The van der Waals surface area contributed by atoms with Gasteiger partial charge in [0.25, 0.3) is 5.91 Å². The van der Waals surface area contributed by atoms with Crippen LogP contribution in [-0.2, 0) is 20.9 Å². The number of hydrogen-bond donors (Lipinski definition) is 1. The maximum atomic E-state index is 11.9. The van der Waals surface area contributed by atoms with Crippen molar-refractivity contribution in [2.45, 2.75) is 19.5 Å². The summed E-state index contributed by atoms with van der Waals surface area (Å²) in [4.78, 5) is 24.6. The van der Waals surface area contributed by atoms with Crippen molar-refractivity contribution in [3.05, 3.63) is 20.8 Å². The summed E-state index contributed by atoms with van der Waals surface area (Å²) in [5.41, 5.74) is 6.52. The Morgan fingerprint density at radius 3 is 2.78 bits per heavy atom. The number of carbonyl (C=O) groups excluding carboxylic acids is 2. The Morgan fingerprint density at radius 2 is 2.28 bits per heavy atom. The summed E-state index contributed by atoms with van der Waals surface area (Å²) in [7, 11) is 1.60. The Kier molecular flexibility index (Phi) is 5.77.